The number of carbonyl (C=O) groups is 1. The molecule has 0 bridgehead atoms. The Morgan fingerprint density at radius 1 is 1.00 bits per heavy atom. The minimum atomic E-state index is 0.0173. The molecule has 1 aliphatic rings. The number of rotatable bonds is 5. The molecule has 0 spiro atoms. The van der Waals surface area contributed by atoms with Gasteiger partial charge >= 0.3 is 6.03 Å². The van der Waals surface area contributed by atoms with Crippen molar-refractivity contribution >= 4 is 11.7 Å². The molecule has 3 rings (SSSR count). The van der Waals surface area contributed by atoms with Crippen LogP contribution in [0.3, 0.4) is 0 Å². The second-order valence-corrected chi connectivity index (χ2v) is 8.54. The number of para-hydroxylation sites is 2. The van der Waals surface area contributed by atoms with E-state index in [0.717, 1.165) is 43.9 Å². The van der Waals surface area contributed by atoms with Gasteiger partial charge in [0.2, 0.25) is 0 Å². The van der Waals surface area contributed by atoms with Crippen LogP contribution in [0.5, 0.6) is 5.75 Å². The first-order valence-electron chi connectivity index (χ1n) is 10.4. The van der Waals surface area contributed by atoms with E-state index in [4.69, 9.17) is 4.74 Å². The second kappa shape index (κ2) is 9.21. The Balaban J connectivity index is 1.51. The van der Waals surface area contributed by atoms with Gasteiger partial charge in [0, 0.05) is 38.4 Å². The van der Waals surface area contributed by atoms with Crippen molar-refractivity contribution in [2.45, 2.75) is 32.6 Å². The molecule has 0 unspecified atom stereocenters. The Hall–Kier alpha value is -2.69. The van der Waals surface area contributed by atoms with Crippen LogP contribution in [0.2, 0.25) is 0 Å². The van der Waals surface area contributed by atoms with E-state index < -0.39 is 0 Å². The van der Waals surface area contributed by atoms with Gasteiger partial charge in [0.25, 0.3) is 0 Å². The first kappa shape index (κ1) is 21.0. The molecule has 29 heavy (non-hydrogen) atoms. The molecule has 0 radical (unpaired) electrons. The molecule has 1 fully saturated rings. The van der Waals surface area contributed by atoms with Crippen LogP contribution in [-0.2, 0) is 11.8 Å². The molecule has 1 aliphatic heterocycles. The molecule has 5 nitrogen and oxygen atoms in total. The van der Waals surface area contributed by atoms with Gasteiger partial charge in [0.05, 0.1) is 7.11 Å². The summed E-state index contributed by atoms with van der Waals surface area (Å²) < 4.78 is 5.38. The zero-order valence-corrected chi connectivity index (χ0v) is 18.1. The lowest BCUT2D eigenvalue weighted by atomic mass is 9.85. The minimum Gasteiger partial charge on any atom is -0.496 e. The van der Waals surface area contributed by atoms with Gasteiger partial charge in [-0.05, 0) is 35.1 Å². The van der Waals surface area contributed by atoms with Crippen LogP contribution in [0.1, 0.15) is 31.9 Å². The molecule has 5 heteroatoms. The topological polar surface area (TPSA) is 44.8 Å². The fourth-order valence-electron chi connectivity index (χ4n) is 3.86. The van der Waals surface area contributed by atoms with Crippen molar-refractivity contribution in [3.05, 3.63) is 59.7 Å². The van der Waals surface area contributed by atoms with Gasteiger partial charge in [0.1, 0.15) is 5.75 Å². The smallest absolute Gasteiger partial charge is 0.317 e. The largest absolute Gasteiger partial charge is 0.496 e. The third kappa shape index (κ3) is 5.22. The maximum Gasteiger partial charge on any atom is 0.317 e. The summed E-state index contributed by atoms with van der Waals surface area (Å²) in [5.74, 6) is 0.868. The van der Waals surface area contributed by atoms with E-state index in [0.29, 0.717) is 6.54 Å². The van der Waals surface area contributed by atoms with Crippen LogP contribution in [0.15, 0.2) is 48.5 Å². The number of anilines is 1. The maximum atomic E-state index is 12.6. The van der Waals surface area contributed by atoms with E-state index in [1.807, 2.05) is 29.2 Å². The van der Waals surface area contributed by atoms with Crippen LogP contribution in [0.25, 0.3) is 0 Å². The van der Waals surface area contributed by atoms with Crippen molar-refractivity contribution in [3.8, 4) is 5.75 Å². The molecule has 1 heterocycles. The molecule has 1 saturated heterocycles. The standard InChI is InChI=1S/C24H33N3O2/c1-24(2,3)20-10-6-7-11-21(20)26-15-17-27(18-16-26)23(28)25-14-13-19-9-5-8-12-22(19)29-4/h5-12H,13-18H2,1-4H3,(H,25,28). The molecular formula is C24H33N3O2. The number of piperazine rings is 1. The zero-order valence-electron chi connectivity index (χ0n) is 18.1. The molecular weight excluding hydrogens is 362 g/mol. The SMILES string of the molecule is COc1ccccc1CCNC(=O)N1CCN(c2ccccc2C(C)(C)C)CC1. The van der Waals surface area contributed by atoms with E-state index in [-0.39, 0.29) is 11.4 Å². The lowest BCUT2D eigenvalue weighted by Crippen LogP contribution is -2.52. The average molecular weight is 396 g/mol. The van der Waals surface area contributed by atoms with E-state index >= 15 is 0 Å². The molecule has 0 saturated carbocycles. The summed E-state index contributed by atoms with van der Waals surface area (Å²) in [5, 5.41) is 3.06. The number of ether oxygens (including phenoxy) is 1. The lowest BCUT2D eigenvalue weighted by molar-refractivity contribution is 0.194. The summed E-state index contributed by atoms with van der Waals surface area (Å²) in [6.45, 7) is 10.5. The highest BCUT2D eigenvalue weighted by molar-refractivity contribution is 5.74. The van der Waals surface area contributed by atoms with Gasteiger partial charge < -0.3 is 19.9 Å². The highest BCUT2D eigenvalue weighted by Crippen LogP contribution is 2.32. The van der Waals surface area contributed by atoms with Crippen LogP contribution in [0, 0.1) is 0 Å². The first-order chi connectivity index (χ1) is 13.9. The zero-order chi connectivity index (χ0) is 20.9. The van der Waals surface area contributed by atoms with E-state index in [2.05, 4.69) is 55.3 Å². The Bertz CT molecular complexity index is 821. The number of urea groups is 1. The number of hydrogen-bond acceptors (Lipinski definition) is 3. The predicted molar refractivity (Wildman–Crippen MR) is 119 cm³/mol. The van der Waals surface area contributed by atoms with Gasteiger partial charge in [-0.25, -0.2) is 4.79 Å². The molecule has 1 N–H and O–H groups in total. The normalized spacial score (nSPS) is 14.6. The van der Waals surface area contributed by atoms with Gasteiger partial charge in [-0.3, -0.25) is 0 Å². The lowest BCUT2D eigenvalue weighted by Gasteiger charge is -2.38. The molecule has 0 atom stereocenters. The van der Waals surface area contributed by atoms with Crippen LogP contribution >= 0.6 is 0 Å². The Labute approximate surface area is 174 Å². The van der Waals surface area contributed by atoms with Crippen molar-refractivity contribution in [3.63, 3.8) is 0 Å². The summed E-state index contributed by atoms with van der Waals surface area (Å²) in [6.07, 6.45) is 0.759. The van der Waals surface area contributed by atoms with E-state index in [1.54, 1.807) is 7.11 Å². The third-order valence-electron chi connectivity index (χ3n) is 5.48. The molecule has 0 aromatic heterocycles. The Morgan fingerprint density at radius 2 is 1.66 bits per heavy atom. The van der Waals surface area contributed by atoms with E-state index in [9.17, 15) is 4.79 Å². The molecule has 0 aliphatic carbocycles. The summed E-state index contributed by atoms with van der Waals surface area (Å²) in [7, 11) is 1.68. The van der Waals surface area contributed by atoms with Crippen LogP contribution in [0.4, 0.5) is 10.5 Å². The highest BCUT2D eigenvalue weighted by Gasteiger charge is 2.25. The fourth-order valence-corrected chi connectivity index (χ4v) is 3.86. The van der Waals surface area contributed by atoms with Crippen molar-refractivity contribution < 1.29 is 9.53 Å². The van der Waals surface area contributed by atoms with Crippen molar-refractivity contribution in [2.75, 3.05) is 44.7 Å². The summed E-state index contributed by atoms with van der Waals surface area (Å²) >= 11 is 0. The maximum absolute atomic E-state index is 12.6. The number of methoxy groups -OCH3 is 1. The van der Waals surface area contributed by atoms with Gasteiger partial charge in [-0.1, -0.05) is 57.2 Å². The summed E-state index contributed by atoms with van der Waals surface area (Å²) in [6, 6.07) is 16.6. The average Bonchev–Trinajstić information content (AvgIpc) is 2.73. The van der Waals surface area contributed by atoms with Crippen molar-refractivity contribution in [1.82, 2.24) is 10.2 Å². The van der Waals surface area contributed by atoms with Crippen LogP contribution in [-0.4, -0.2) is 50.8 Å². The molecule has 156 valence electrons. The number of nitrogens with zero attached hydrogens (tertiary/aromatic N) is 2. The number of nitrogens with one attached hydrogen (secondary N) is 1. The minimum absolute atomic E-state index is 0.0173. The monoisotopic (exact) mass is 395 g/mol. The number of benzene rings is 2. The summed E-state index contributed by atoms with van der Waals surface area (Å²) in [5.41, 5.74) is 3.86. The van der Waals surface area contributed by atoms with Crippen molar-refractivity contribution in [1.29, 1.82) is 0 Å². The first-order valence-corrected chi connectivity index (χ1v) is 10.4. The quantitative estimate of drug-likeness (QED) is 0.830. The molecule has 2 amide bonds. The fraction of sp³-hybridized carbons (Fsp3) is 0.458. The Morgan fingerprint density at radius 3 is 2.34 bits per heavy atom. The second-order valence-electron chi connectivity index (χ2n) is 8.54. The highest BCUT2D eigenvalue weighted by atomic mass is 16.5. The van der Waals surface area contributed by atoms with Gasteiger partial charge in [-0.15, -0.1) is 0 Å². The number of amides is 2. The summed E-state index contributed by atoms with van der Waals surface area (Å²) in [4.78, 5) is 16.9. The third-order valence-corrected chi connectivity index (χ3v) is 5.48. The van der Waals surface area contributed by atoms with Crippen molar-refractivity contribution in [2.24, 2.45) is 0 Å². The van der Waals surface area contributed by atoms with Gasteiger partial charge in [-0.2, -0.15) is 0 Å². The van der Waals surface area contributed by atoms with Gasteiger partial charge in [0.15, 0.2) is 0 Å². The van der Waals surface area contributed by atoms with E-state index in [1.165, 1.54) is 11.3 Å². The number of carbonyl (C=O) groups excluding carboxylic acids is 1. The molecule has 2 aromatic carbocycles. The number of hydrogen-bond donors (Lipinski definition) is 1. The molecule has 2 aromatic rings. The Kier molecular flexibility index (Phi) is 6.68. The van der Waals surface area contributed by atoms with Crippen LogP contribution < -0.4 is 15.0 Å². The predicted octanol–water partition coefficient (Wildman–Crippen LogP) is 4.07.